The first-order chi connectivity index (χ1) is 7.27. The van der Waals surface area contributed by atoms with Gasteiger partial charge in [-0.1, -0.05) is 25.1 Å². The summed E-state index contributed by atoms with van der Waals surface area (Å²) >= 11 is 1.89. The number of hydrogen-bond donors (Lipinski definition) is 1. The lowest BCUT2D eigenvalue weighted by atomic mass is 9.85. The van der Waals surface area contributed by atoms with Crippen LogP contribution in [0, 0.1) is 0 Å². The van der Waals surface area contributed by atoms with E-state index in [-0.39, 0.29) is 6.04 Å². The lowest BCUT2D eigenvalue weighted by Gasteiger charge is -2.24. The van der Waals surface area contributed by atoms with Gasteiger partial charge >= 0.3 is 0 Å². The number of benzene rings is 1. The minimum atomic E-state index is 0.272. The fourth-order valence-corrected chi connectivity index (χ4v) is 3.93. The van der Waals surface area contributed by atoms with Gasteiger partial charge in [-0.2, -0.15) is 0 Å². The third-order valence-electron chi connectivity index (χ3n) is 3.40. The van der Waals surface area contributed by atoms with Crippen LogP contribution < -0.4 is 5.73 Å². The van der Waals surface area contributed by atoms with E-state index in [1.165, 1.54) is 26.9 Å². The molecule has 2 aromatic rings. The molecular formula is C13H15NS. The van der Waals surface area contributed by atoms with Gasteiger partial charge in [0.15, 0.2) is 0 Å². The van der Waals surface area contributed by atoms with Gasteiger partial charge in [0.2, 0.25) is 0 Å². The maximum Gasteiger partial charge on any atom is 0.0393 e. The maximum absolute atomic E-state index is 6.18. The van der Waals surface area contributed by atoms with Crippen molar-refractivity contribution in [3.05, 3.63) is 34.7 Å². The quantitative estimate of drug-likeness (QED) is 0.713. The third-order valence-corrected chi connectivity index (χ3v) is 4.72. The highest BCUT2D eigenvalue weighted by Gasteiger charge is 2.26. The van der Waals surface area contributed by atoms with Crippen LogP contribution in [-0.4, -0.2) is 0 Å². The van der Waals surface area contributed by atoms with Crippen LogP contribution in [0.25, 0.3) is 10.1 Å². The summed E-state index contributed by atoms with van der Waals surface area (Å²) in [6.45, 7) is 2.32. The molecule has 1 aliphatic carbocycles. The van der Waals surface area contributed by atoms with E-state index >= 15 is 0 Å². The zero-order valence-electron chi connectivity index (χ0n) is 8.86. The molecule has 0 fully saturated rings. The lowest BCUT2D eigenvalue weighted by molar-refractivity contribution is 0.525. The van der Waals surface area contributed by atoms with Crippen molar-refractivity contribution in [1.29, 1.82) is 0 Å². The predicted octanol–water partition coefficient (Wildman–Crippen LogP) is 3.80. The summed E-state index contributed by atoms with van der Waals surface area (Å²) in [4.78, 5) is 1.43. The minimum Gasteiger partial charge on any atom is -0.323 e. The van der Waals surface area contributed by atoms with Crippen LogP contribution in [0.1, 0.15) is 42.2 Å². The van der Waals surface area contributed by atoms with Crippen molar-refractivity contribution in [2.45, 2.75) is 31.7 Å². The zero-order valence-corrected chi connectivity index (χ0v) is 9.68. The van der Waals surface area contributed by atoms with Crippen LogP contribution in [0.15, 0.2) is 24.3 Å². The lowest BCUT2D eigenvalue weighted by Crippen LogP contribution is -2.17. The normalized spacial score (nSPS) is 25.5. The van der Waals surface area contributed by atoms with Gasteiger partial charge in [-0.15, -0.1) is 11.3 Å². The second-order valence-electron chi connectivity index (χ2n) is 4.46. The first kappa shape index (κ1) is 9.37. The van der Waals surface area contributed by atoms with Crippen LogP contribution in [-0.2, 0) is 0 Å². The Kier molecular flexibility index (Phi) is 2.08. The Morgan fingerprint density at radius 1 is 1.27 bits per heavy atom. The number of nitrogens with two attached hydrogens (primary N) is 1. The van der Waals surface area contributed by atoms with Gasteiger partial charge < -0.3 is 5.73 Å². The van der Waals surface area contributed by atoms with E-state index in [0.29, 0.717) is 5.92 Å². The fraction of sp³-hybridized carbons (Fsp3) is 0.385. The average Bonchev–Trinajstić information content (AvgIpc) is 2.64. The molecule has 3 rings (SSSR count). The summed E-state index contributed by atoms with van der Waals surface area (Å²) in [5.41, 5.74) is 7.71. The van der Waals surface area contributed by atoms with Crippen LogP contribution in [0.3, 0.4) is 0 Å². The molecular weight excluding hydrogens is 202 g/mol. The average molecular weight is 217 g/mol. The molecule has 0 saturated carbocycles. The number of rotatable bonds is 0. The molecule has 0 amide bonds. The van der Waals surface area contributed by atoms with Crippen molar-refractivity contribution in [2.24, 2.45) is 5.73 Å². The molecule has 1 aromatic carbocycles. The topological polar surface area (TPSA) is 26.0 Å². The Morgan fingerprint density at radius 3 is 2.93 bits per heavy atom. The third kappa shape index (κ3) is 1.32. The number of thiophene rings is 1. The maximum atomic E-state index is 6.18. The molecule has 78 valence electrons. The molecule has 0 bridgehead atoms. The Balaban J connectivity index is 2.34. The zero-order chi connectivity index (χ0) is 10.4. The van der Waals surface area contributed by atoms with Crippen molar-refractivity contribution in [1.82, 2.24) is 0 Å². The molecule has 1 heterocycles. The Hall–Kier alpha value is -0.860. The van der Waals surface area contributed by atoms with E-state index in [1.807, 2.05) is 11.3 Å². The smallest absolute Gasteiger partial charge is 0.0393 e. The molecule has 2 N–H and O–H groups in total. The van der Waals surface area contributed by atoms with Gasteiger partial charge in [0, 0.05) is 15.6 Å². The first-order valence-electron chi connectivity index (χ1n) is 5.54. The summed E-state index contributed by atoms with van der Waals surface area (Å²) < 4.78 is 1.40. The summed E-state index contributed by atoms with van der Waals surface area (Å²) in [5, 5.41) is 1.43. The van der Waals surface area contributed by atoms with E-state index in [0.717, 1.165) is 6.42 Å². The van der Waals surface area contributed by atoms with Crippen LogP contribution in [0.2, 0.25) is 0 Å². The Morgan fingerprint density at radius 2 is 2.07 bits per heavy atom. The van der Waals surface area contributed by atoms with Crippen LogP contribution in [0.4, 0.5) is 0 Å². The van der Waals surface area contributed by atoms with E-state index < -0.39 is 0 Å². The monoisotopic (exact) mass is 217 g/mol. The van der Waals surface area contributed by atoms with E-state index in [4.69, 9.17) is 5.73 Å². The molecule has 0 aliphatic heterocycles. The van der Waals surface area contributed by atoms with Gasteiger partial charge in [0.05, 0.1) is 0 Å². The van der Waals surface area contributed by atoms with Gasteiger partial charge in [-0.3, -0.25) is 0 Å². The van der Waals surface area contributed by atoms with Crippen LogP contribution in [0.5, 0.6) is 0 Å². The molecule has 1 aliphatic rings. The van der Waals surface area contributed by atoms with E-state index in [2.05, 4.69) is 31.2 Å². The van der Waals surface area contributed by atoms with Crippen molar-refractivity contribution >= 4 is 21.4 Å². The molecule has 15 heavy (non-hydrogen) atoms. The molecule has 0 spiro atoms. The molecule has 1 unspecified atom stereocenters. The summed E-state index contributed by atoms with van der Waals surface area (Å²) in [6, 6.07) is 8.95. The second-order valence-corrected chi connectivity index (χ2v) is 5.54. The second kappa shape index (κ2) is 3.32. The van der Waals surface area contributed by atoms with E-state index in [1.54, 1.807) is 0 Å². The molecule has 2 heteroatoms. The number of fused-ring (bicyclic) bond motifs is 3. The standard InChI is InChI=1S/C13H15NS/c1-8-6-7-10(14)13-12(8)9-4-2-3-5-11(9)15-13/h2-5,8,10H,6-7,14H2,1H3/t8?,10-/m0/s1. The van der Waals surface area contributed by atoms with Crippen molar-refractivity contribution in [3.8, 4) is 0 Å². The minimum absolute atomic E-state index is 0.272. The number of hydrogen-bond acceptors (Lipinski definition) is 2. The summed E-state index contributed by atoms with van der Waals surface area (Å²) in [5.74, 6) is 0.677. The highest BCUT2D eigenvalue weighted by atomic mass is 32.1. The van der Waals surface area contributed by atoms with Gasteiger partial charge in [0.1, 0.15) is 0 Å². The molecule has 0 saturated heterocycles. The van der Waals surface area contributed by atoms with Gasteiger partial charge in [-0.05, 0) is 35.8 Å². The molecule has 2 atom stereocenters. The SMILES string of the molecule is CC1CC[C@H](N)c2sc3ccccc3c21. The summed E-state index contributed by atoms with van der Waals surface area (Å²) in [6.07, 6.45) is 2.37. The van der Waals surface area contributed by atoms with Crippen molar-refractivity contribution < 1.29 is 0 Å². The Bertz CT molecular complexity index is 500. The van der Waals surface area contributed by atoms with Gasteiger partial charge in [-0.25, -0.2) is 0 Å². The largest absolute Gasteiger partial charge is 0.323 e. The highest BCUT2D eigenvalue weighted by molar-refractivity contribution is 7.19. The summed E-state index contributed by atoms with van der Waals surface area (Å²) in [7, 11) is 0. The van der Waals surface area contributed by atoms with Crippen molar-refractivity contribution in [2.75, 3.05) is 0 Å². The van der Waals surface area contributed by atoms with Gasteiger partial charge in [0.25, 0.3) is 0 Å². The molecule has 1 nitrogen and oxygen atoms in total. The first-order valence-corrected chi connectivity index (χ1v) is 6.36. The highest BCUT2D eigenvalue weighted by Crippen LogP contribution is 2.45. The molecule has 0 radical (unpaired) electrons. The van der Waals surface area contributed by atoms with Crippen molar-refractivity contribution in [3.63, 3.8) is 0 Å². The van der Waals surface area contributed by atoms with Crippen LogP contribution >= 0.6 is 11.3 Å². The fourth-order valence-electron chi connectivity index (χ4n) is 2.57. The predicted molar refractivity (Wildman–Crippen MR) is 66.4 cm³/mol. The Labute approximate surface area is 93.9 Å². The van der Waals surface area contributed by atoms with E-state index in [9.17, 15) is 0 Å². The molecule has 1 aromatic heterocycles.